The molecular weight excluding hydrogens is 306 g/mol. The van der Waals surface area contributed by atoms with Crippen molar-refractivity contribution in [3.63, 3.8) is 0 Å². The first-order valence-corrected chi connectivity index (χ1v) is 7.89. The van der Waals surface area contributed by atoms with Crippen LogP contribution in [0.15, 0.2) is 54.6 Å². The van der Waals surface area contributed by atoms with Gasteiger partial charge in [-0.2, -0.15) is 0 Å². The van der Waals surface area contributed by atoms with Crippen LogP contribution in [0.4, 0.5) is 10.5 Å². The Morgan fingerprint density at radius 2 is 1.79 bits per heavy atom. The summed E-state index contributed by atoms with van der Waals surface area (Å²) in [6, 6.07) is 17.0. The van der Waals surface area contributed by atoms with Gasteiger partial charge in [0.2, 0.25) is 0 Å². The lowest BCUT2D eigenvalue weighted by Crippen LogP contribution is -2.37. The van der Waals surface area contributed by atoms with Gasteiger partial charge in [-0.05, 0) is 11.6 Å². The summed E-state index contributed by atoms with van der Waals surface area (Å²) in [5.41, 5.74) is 2.50. The summed E-state index contributed by atoms with van der Waals surface area (Å²) in [6.07, 6.45) is -0.165. The molecule has 0 aromatic heterocycles. The van der Waals surface area contributed by atoms with Crippen molar-refractivity contribution in [2.24, 2.45) is 0 Å². The van der Waals surface area contributed by atoms with Crippen molar-refractivity contribution in [2.75, 3.05) is 11.4 Å². The molecule has 2 aromatic rings. The normalized spacial score (nSPS) is 16.2. The van der Waals surface area contributed by atoms with Crippen LogP contribution in [0.5, 0.6) is 0 Å². The molecule has 1 atom stereocenters. The van der Waals surface area contributed by atoms with Gasteiger partial charge in [-0.3, -0.25) is 9.69 Å². The highest BCUT2D eigenvalue weighted by Crippen LogP contribution is 2.36. The van der Waals surface area contributed by atoms with E-state index in [0.29, 0.717) is 13.0 Å². The second-order valence-corrected chi connectivity index (χ2v) is 5.64. The second kappa shape index (κ2) is 7.17. The van der Waals surface area contributed by atoms with Gasteiger partial charge in [-0.15, -0.1) is 0 Å². The number of ether oxygens (including phenoxy) is 2. The molecule has 0 aliphatic carbocycles. The number of hydrogen-bond donors (Lipinski definition) is 0. The van der Waals surface area contributed by atoms with Crippen molar-refractivity contribution >= 4 is 17.7 Å². The van der Waals surface area contributed by atoms with Crippen LogP contribution in [0.25, 0.3) is 0 Å². The Morgan fingerprint density at radius 1 is 1.08 bits per heavy atom. The van der Waals surface area contributed by atoms with E-state index in [1.165, 1.54) is 6.92 Å². The molecule has 0 bridgehead atoms. The van der Waals surface area contributed by atoms with Gasteiger partial charge in [0.1, 0.15) is 12.7 Å². The van der Waals surface area contributed by atoms with E-state index in [4.69, 9.17) is 9.47 Å². The lowest BCUT2D eigenvalue weighted by molar-refractivity contribution is -0.147. The average Bonchev–Trinajstić information content (AvgIpc) is 2.60. The molecule has 0 saturated heterocycles. The fourth-order valence-electron chi connectivity index (χ4n) is 2.84. The minimum atomic E-state index is -0.396. The van der Waals surface area contributed by atoms with Crippen LogP contribution in [0.3, 0.4) is 0 Å². The summed E-state index contributed by atoms with van der Waals surface area (Å²) in [7, 11) is 0. The number of esters is 1. The summed E-state index contributed by atoms with van der Waals surface area (Å²) in [5, 5.41) is 0. The van der Waals surface area contributed by atoms with E-state index in [2.05, 4.69) is 0 Å². The lowest BCUT2D eigenvalue weighted by Gasteiger charge is -2.33. The molecule has 0 radical (unpaired) electrons. The molecule has 0 spiro atoms. The van der Waals surface area contributed by atoms with Gasteiger partial charge in [0.05, 0.1) is 5.69 Å². The van der Waals surface area contributed by atoms with Crippen molar-refractivity contribution in [1.82, 2.24) is 0 Å². The Hall–Kier alpha value is -2.82. The highest BCUT2D eigenvalue weighted by Gasteiger charge is 2.30. The van der Waals surface area contributed by atoms with Crippen LogP contribution < -0.4 is 4.90 Å². The molecule has 2 aromatic carbocycles. The second-order valence-electron chi connectivity index (χ2n) is 5.64. The van der Waals surface area contributed by atoms with Gasteiger partial charge in [0.15, 0.2) is 0 Å². The smallest absolute Gasteiger partial charge is 0.414 e. The molecule has 1 amide bonds. The van der Waals surface area contributed by atoms with E-state index >= 15 is 0 Å². The number of benzene rings is 2. The topological polar surface area (TPSA) is 55.8 Å². The fourth-order valence-corrected chi connectivity index (χ4v) is 2.84. The van der Waals surface area contributed by atoms with Gasteiger partial charge in [0, 0.05) is 25.5 Å². The average molecular weight is 325 g/mol. The van der Waals surface area contributed by atoms with E-state index in [0.717, 1.165) is 16.8 Å². The Balaban J connectivity index is 1.74. The fraction of sp³-hybridized carbons (Fsp3) is 0.263. The predicted octanol–water partition coefficient (Wildman–Crippen LogP) is 3.84. The maximum Gasteiger partial charge on any atom is 0.414 e. The Labute approximate surface area is 140 Å². The van der Waals surface area contributed by atoms with Crippen LogP contribution in [0, 0.1) is 0 Å². The molecule has 5 nitrogen and oxygen atoms in total. The van der Waals surface area contributed by atoms with Gasteiger partial charge < -0.3 is 9.47 Å². The van der Waals surface area contributed by atoms with E-state index < -0.39 is 6.09 Å². The minimum absolute atomic E-state index is 0.228. The first kappa shape index (κ1) is 16.1. The molecule has 1 unspecified atom stereocenters. The number of carbonyl (C=O) groups excluding carboxylic acids is 2. The first-order valence-electron chi connectivity index (χ1n) is 7.89. The summed E-state index contributed by atoms with van der Waals surface area (Å²) < 4.78 is 10.8. The van der Waals surface area contributed by atoms with Crippen molar-refractivity contribution in [3.8, 4) is 0 Å². The number of hydrogen-bond acceptors (Lipinski definition) is 4. The van der Waals surface area contributed by atoms with Crippen LogP contribution >= 0.6 is 0 Å². The molecular formula is C19H19NO4. The summed E-state index contributed by atoms with van der Waals surface area (Å²) in [6.45, 7) is 2.07. The van der Waals surface area contributed by atoms with E-state index in [-0.39, 0.29) is 18.7 Å². The molecule has 1 aliphatic rings. The number of para-hydroxylation sites is 1. The number of anilines is 1. The van der Waals surface area contributed by atoms with Gasteiger partial charge in [-0.1, -0.05) is 48.5 Å². The van der Waals surface area contributed by atoms with E-state index in [1.54, 1.807) is 4.90 Å². The van der Waals surface area contributed by atoms with Crippen LogP contribution in [0.2, 0.25) is 0 Å². The molecule has 0 saturated carbocycles. The molecule has 24 heavy (non-hydrogen) atoms. The Kier molecular flexibility index (Phi) is 4.79. The minimum Gasteiger partial charge on any atom is -0.458 e. The summed E-state index contributed by atoms with van der Waals surface area (Å²) in [4.78, 5) is 25.3. The van der Waals surface area contributed by atoms with Crippen molar-refractivity contribution < 1.29 is 19.1 Å². The largest absolute Gasteiger partial charge is 0.458 e. The zero-order chi connectivity index (χ0) is 16.9. The van der Waals surface area contributed by atoms with Crippen LogP contribution in [0.1, 0.15) is 30.6 Å². The zero-order valence-electron chi connectivity index (χ0n) is 13.5. The Morgan fingerprint density at radius 3 is 2.54 bits per heavy atom. The molecule has 5 heteroatoms. The monoisotopic (exact) mass is 325 g/mol. The third kappa shape index (κ3) is 3.56. The third-order valence-corrected chi connectivity index (χ3v) is 3.92. The van der Waals surface area contributed by atoms with Gasteiger partial charge in [0.25, 0.3) is 0 Å². The summed E-state index contributed by atoms with van der Waals surface area (Å²) in [5.74, 6) is -0.324. The molecule has 0 N–H and O–H groups in total. The van der Waals surface area contributed by atoms with Crippen molar-refractivity contribution in [2.45, 2.75) is 26.1 Å². The number of rotatable bonds is 3. The molecule has 124 valence electrons. The quantitative estimate of drug-likeness (QED) is 0.805. The molecule has 1 aliphatic heterocycles. The SMILES string of the molecule is CC(=O)OC1CCN(C(=O)OCc2ccccc2)c2ccccc21. The van der Waals surface area contributed by atoms with E-state index in [1.807, 2.05) is 54.6 Å². The maximum absolute atomic E-state index is 12.5. The van der Waals surface area contributed by atoms with Crippen LogP contribution in [-0.4, -0.2) is 18.6 Å². The van der Waals surface area contributed by atoms with Crippen molar-refractivity contribution in [3.05, 3.63) is 65.7 Å². The van der Waals surface area contributed by atoms with Crippen molar-refractivity contribution in [1.29, 1.82) is 0 Å². The lowest BCUT2D eigenvalue weighted by atomic mass is 9.99. The highest BCUT2D eigenvalue weighted by molar-refractivity contribution is 5.89. The third-order valence-electron chi connectivity index (χ3n) is 3.92. The standard InChI is InChI=1S/C19H19NO4/c1-14(21)24-18-11-12-20(17-10-6-5-9-16(17)18)19(22)23-13-15-7-3-2-4-8-15/h2-10,18H,11-13H2,1H3. The number of amides is 1. The molecule has 1 heterocycles. The number of fused-ring (bicyclic) bond motifs is 1. The van der Waals surface area contributed by atoms with Gasteiger partial charge >= 0.3 is 12.1 Å². The molecule has 0 fully saturated rings. The summed E-state index contributed by atoms with van der Waals surface area (Å²) >= 11 is 0. The Bertz CT molecular complexity index is 729. The zero-order valence-corrected chi connectivity index (χ0v) is 13.5. The van der Waals surface area contributed by atoms with E-state index in [9.17, 15) is 9.59 Å². The predicted molar refractivity (Wildman–Crippen MR) is 89.5 cm³/mol. The number of carbonyl (C=O) groups is 2. The number of nitrogens with zero attached hydrogens (tertiary/aromatic N) is 1. The van der Waals surface area contributed by atoms with Gasteiger partial charge in [-0.25, -0.2) is 4.79 Å². The first-order chi connectivity index (χ1) is 11.6. The molecule has 3 rings (SSSR count). The van der Waals surface area contributed by atoms with Crippen LogP contribution in [-0.2, 0) is 20.9 Å². The highest BCUT2D eigenvalue weighted by atomic mass is 16.6. The maximum atomic E-state index is 12.5.